The van der Waals surface area contributed by atoms with E-state index in [1.807, 2.05) is 20.8 Å². The van der Waals surface area contributed by atoms with Gasteiger partial charge in [0.1, 0.15) is 5.75 Å². The average Bonchev–Trinajstić information content (AvgIpc) is 3.26. The summed E-state index contributed by atoms with van der Waals surface area (Å²) in [6.45, 7) is 2.73. The maximum Gasteiger partial charge on any atom is 0.387 e. The van der Waals surface area contributed by atoms with Crippen LogP contribution in [0.4, 0.5) is 8.78 Å². The van der Waals surface area contributed by atoms with E-state index in [1.54, 1.807) is 34.5 Å². The summed E-state index contributed by atoms with van der Waals surface area (Å²) in [5, 5.41) is 3.28. The van der Waals surface area contributed by atoms with Gasteiger partial charge in [0.2, 0.25) is 0 Å². The molecule has 4 rings (SSSR count). The summed E-state index contributed by atoms with van der Waals surface area (Å²) >= 11 is 8.30. The zero-order chi connectivity index (χ0) is 23.9. The third-order valence-corrected chi connectivity index (χ3v) is 7.30. The minimum absolute atomic E-state index is 0.0652. The molecule has 10 heteroatoms. The summed E-state index contributed by atoms with van der Waals surface area (Å²) in [5.41, 5.74) is 0.939. The molecule has 0 aliphatic carbocycles. The van der Waals surface area contributed by atoms with Crippen molar-refractivity contribution in [1.82, 2.24) is 14.5 Å². The number of amides is 1. The molecule has 1 saturated heterocycles. The molecule has 0 spiro atoms. The van der Waals surface area contributed by atoms with E-state index in [-0.39, 0.29) is 39.5 Å². The highest BCUT2D eigenvalue weighted by Gasteiger charge is 2.32. The van der Waals surface area contributed by atoms with E-state index >= 15 is 0 Å². The topological polar surface area (TPSA) is 65.3 Å². The molecular formula is C23H24ClF2N3O3S. The number of imidazole rings is 1. The summed E-state index contributed by atoms with van der Waals surface area (Å²) < 4.78 is 32.8. The Balaban J connectivity index is 1.85. The Morgan fingerprint density at radius 1 is 1.24 bits per heavy atom. The number of benzene rings is 2. The third kappa shape index (κ3) is 4.61. The van der Waals surface area contributed by atoms with Crippen LogP contribution in [0.5, 0.6) is 5.75 Å². The number of carbonyl (C=O) groups is 1. The summed E-state index contributed by atoms with van der Waals surface area (Å²) in [4.78, 5) is 26.5. The van der Waals surface area contributed by atoms with E-state index in [0.717, 1.165) is 17.9 Å². The zero-order valence-corrected chi connectivity index (χ0v) is 20.0. The number of aromatic nitrogens is 2. The molecule has 2 aromatic carbocycles. The second-order valence-electron chi connectivity index (χ2n) is 8.60. The van der Waals surface area contributed by atoms with Crippen molar-refractivity contribution in [2.45, 2.75) is 45.4 Å². The maximum atomic E-state index is 13.4. The average molecular weight is 496 g/mol. The van der Waals surface area contributed by atoms with Gasteiger partial charge in [0, 0.05) is 23.4 Å². The number of nitrogens with one attached hydrogen (secondary N) is 1. The third-order valence-electron chi connectivity index (χ3n) is 5.66. The summed E-state index contributed by atoms with van der Waals surface area (Å²) in [5.74, 6) is 1.44. The lowest BCUT2D eigenvalue weighted by Crippen LogP contribution is -2.46. The number of carbonyl (C=O) groups excluding carboxylic acids is 1. The van der Waals surface area contributed by atoms with Crippen molar-refractivity contribution in [1.29, 1.82) is 0 Å². The molecule has 0 saturated carbocycles. The first-order chi connectivity index (χ1) is 15.6. The molecule has 1 aromatic heterocycles. The van der Waals surface area contributed by atoms with Crippen molar-refractivity contribution >= 4 is 40.3 Å². The van der Waals surface area contributed by atoms with Crippen LogP contribution in [0.25, 0.3) is 16.7 Å². The van der Waals surface area contributed by atoms with Crippen LogP contribution < -0.4 is 15.7 Å². The molecule has 1 aliphatic rings. The van der Waals surface area contributed by atoms with Gasteiger partial charge >= 0.3 is 12.3 Å². The van der Waals surface area contributed by atoms with E-state index in [1.165, 1.54) is 22.8 Å². The van der Waals surface area contributed by atoms with Gasteiger partial charge in [-0.1, -0.05) is 17.7 Å². The van der Waals surface area contributed by atoms with Gasteiger partial charge in [0.05, 0.1) is 27.3 Å². The van der Waals surface area contributed by atoms with Crippen molar-refractivity contribution < 1.29 is 18.3 Å². The van der Waals surface area contributed by atoms with E-state index < -0.39 is 6.61 Å². The van der Waals surface area contributed by atoms with E-state index in [0.29, 0.717) is 16.7 Å². The Hall–Kier alpha value is -2.52. The molecule has 1 aliphatic heterocycles. The van der Waals surface area contributed by atoms with Crippen LogP contribution in [0.3, 0.4) is 0 Å². The van der Waals surface area contributed by atoms with Crippen LogP contribution in [0.1, 0.15) is 43.6 Å². The molecule has 33 heavy (non-hydrogen) atoms. The standard InChI is InChI=1S/C23H24ClF2N3O3S/c1-13(2)28-18-10-16(20(30)27-23(3)7-8-33-12-23)17(24)11-19(18)29(22(28)31)14-5-4-6-15(9-14)32-21(25)26/h4-6,9-11,13,21H,7-8,12H2,1-3H3,(H,27,30). The number of hydrogen-bond donors (Lipinski definition) is 1. The van der Waals surface area contributed by atoms with Crippen molar-refractivity contribution in [2.75, 3.05) is 11.5 Å². The van der Waals surface area contributed by atoms with E-state index in [2.05, 4.69) is 10.1 Å². The van der Waals surface area contributed by atoms with Crippen molar-refractivity contribution in [3.8, 4) is 11.4 Å². The van der Waals surface area contributed by atoms with Gasteiger partial charge in [-0.2, -0.15) is 20.5 Å². The minimum atomic E-state index is -2.98. The molecule has 0 radical (unpaired) electrons. The van der Waals surface area contributed by atoms with Crippen LogP contribution in [-0.2, 0) is 0 Å². The lowest BCUT2D eigenvalue weighted by Gasteiger charge is -2.24. The number of thioether (sulfide) groups is 1. The number of rotatable bonds is 6. The maximum absolute atomic E-state index is 13.4. The van der Waals surface area contributed by atoms with Gasteiger partial charge in [-0.15, -0.1) is 0 Å². The first-order valence-corrected chi connectivity index (χ1v) is 12.0. The predicted molar refractivity (Wildman–Crippen MR) is 127 cm³/mol. The largest absolute Gasteiger partial charge is 0.435 e. The van der Waals surface area contributed by atoms with Gasteiger partial charge in [-0.3, -0.25) is 13.9 Å². The van der Waals surface area contributed by atoms with Crippen molar-refractivity contribution in [3.05, 3.63) is 57.5 Å². The molecule has 1 atom stereocenters. The molecule has 3 aromatic rings. The minimum Gasteiger partial charge on any atom is -0.435 e. The normalized spacial score (nSPS) is 18.4. The van der Waals surface area contributed by atoms with Crippen molar-refractivity contribution in [3.63, 3.8) is 0 Å². The highest BCUT2D eigenvalue weighted by molar-refractivity contribution is 7.99. The SMILES string of the molecule is CC(C)n1c(=O)n(-c2cccc(OC(F)F)c2)c2cc(Cl)c(C(=O)NC3(C)CCSC3)cc21. The van der Waals surface area contributed by atoms with Gasteiger partial charge in [0.25, 0.3) is 5.91 Å². The summed E-state index contributed by atoms with van der Waals surface area (Å²) in [6, 6.07) is 8.87. The van der Waals surface area contributed by atoms with Crippen LogP contribution in [0, 0.1) is 0 Å². The van der Waals surface area contributed by atoms with Crippen molar-refractivity contribution in [2.24, 2.45) is 0 Å². The van der Waals surface area contributed by atoms with Crippen LogP contribution >= 0.6 is 23.4 Å². The monoisotopic (exact) mass is 495 g/mol. The first-order valence-electron chi connectivity index (χ1n) is 10.5. The Kier molecular flexibility index (Phi) is 6.46. The Morgan fingerprint density at radius 3 is 2.64 bits per heavy atom. The molecular weight excluding hydrogens is 472 g/mol. The van der Waals surface area contributed by atoms with Gasteiger partial charge < -0.3 is 10.1 Å². The highest BCUT2D eigenvalue weighted by atomic mass is 35.5. The van der Waals surface area contributed by atoms with Crippen LogP contribution in [-0.4, -0.2) is 38.7 Å². The van der Waals surface area contributed by atoms with Gasteiger partial charge in [-0.05, 0) is 57.2 Å². The zero-order valence-electron chi connectivity index (χ0n) is 18.4. The number of halogens is 3. The number of alkyl halides is 2. The fourth-order valence-corrected chi connectivity index (χ4v) is 5.72. The first kappa shape index (κ1) is 23.6. The highest BCUT2D eigenvalue weighted by Crippen LogP contribution is 2.31. The van der Waals surface area contributed by atoms with Crippen LogP contribution in [0.2, 0.25) is 5.02 Å². The second kappa shape index (κ2) is 9.02. The van der Waals surface area contributed by atoms with E-state index in [4.69, 9.17) is 11.6 Å². The molecule has 0 bridgehead atoms. The van der Waals surface area contributed by atoms with Gasteiger partial charge in [0.15, 0.2) is 0 Å². The molecule has 1 N–H and O–H groups in total. The molecule has 1 unspecified atom stereocenters. The number of nitrogens with zero attached hydrogens (tertiary/aromatic N) is 2. The fraction of sp³-hybridized carbons (Fsp3) is 0.391. The number of hydrogen-bond acceptors (Lipinski definition) is 4. The lowest BCUT2D eigenvalue weighted by atomic mass is 10.0. The summed E-state index contributed by atoms with van der Waals surface area (Å²) in [6.07, 6.45) is 0.868. The fourth-order valence-electron chi connectivity index (χ4n) is 4.07. The van der Waals surface area contributed by atoms with E-state index in [9.17, 15) is 18.4 Å². The van der Waals surface area contributed by atoms with Gasteiger partial charge in [-0.25, -0.2) is 4.79 Å². The molecule has 6 nitrogen and oxygen atoms in total. The van der Waals surface area contributed by atoms with Crippen LogP contribution in [0.15, 0.2) is 41.2 Å². The Labute approximate surface area is 198 Å². The smallest absolute Gasteiger partial charge is 0.387 e. The Bertz CT molecular complexity index is 1270. The summed E-state index contributed by atoms with van der Waals surface area (Å²) in [7, 11) is 0. The number of ether oxygens (including phenoxy) is 1. The molecule has 2 heterocycles. The molecule has 1 fully saturated rings. The molecule has 176 valence electrons. The lowest BCUT2D eigenvalue weighted by molar-refractivity contribution is -0.0498. The quantitative estimate of drug-likeness (QED) is 0.507. The number of fused-ring (bicyclic) bond motifs is 1. The second-order valence-corrected chi connectivity index (χ2v) is 10.1. The molecule has 1 amide bonds. The predicted octanol–water partition coefficient (Wildman–Crippen LogP) is 5.25. The Morgan fingerprint density at radius 2 is 2.00 bits per heavy atom.